The van der Waals surface area contributed by atoms with Gasteiger partial charge in [-0.15, -0.1) is 12.4 Å². The number of aromatic nitrogens is 2. The minimum Gasteiger partial charge on any atom is -0.337 e. The number of nitrogens with zero attached hydrogens (tertiary/aromatic N) is 3. The SMILES string of the molecule is Cc1cc(=O)c(C(=O)N2CCC3(CCNC3)CC2)nn1-c1ccccc1F.Cl. The molecule has 2 saturated heterocycles. The molecule has 2 aliphatic heterocycles. The smallest absolute Gasteiger partial charge is 0.278 e. The zero-order chi connectivity index (χ0) is 19.0. The van der Waals surface area contributed by atoms with Crippen molar-refractivity contribution in [2.45, 2.75) is 26.2 Å². The molecule has 150 valence electrons. The van der Waals surface area contributed by atoms with Gasteiger partial charge in [0.2, 0.25) is 5.43 Å². The monoisotopic (exact) mass is 406 g/mol. The van der Waals surface area contributed by atoms with Crippen molar-refractivity contribution in [2.75, 3.05) is 26.2 Å². The van der Waals surface area contributed by atoms with E-state index in [1.54, 1.807) is 30.0 Å². The molecule has 1 N–H and O–H groups in total. The first kappa shape index (κ1) is 20.5. The van der Waals surface area contributed by atoms with Gasteiger partial charge in [-0.25, -0.2) is 9.07 Å². The van der Waals surface area contributed by atoms with Gasteiger partial charge < -0.3 is 10.2 Å². The summed E-state index contributed by atoms with van der Waals surface area (Å²) in [6, 6.07) is 7.53. The molecule has 2 fully saturated rings. The lowest BCUT2D eigenvalue weighted by atomic mass is 9.78. The average Bonchev–Trinajstić information content (AvgIpc) is 3.11. The topological polar surface area (TPSA) is 67.2 Å². The molecular weight excluding hydrogens is 383 g/mol. The van der Waals surface area contributed by atoms with Crippen LogP contribution in [0.5, 0.6) is 0 Å². The Morgan fingerprint density at radius 3 is 2.57 bits per heavy atom. The van der Waals surface area contributed by atoms with Crippen LogP contribution in [0.1, 0.15) is 35.4 Å². The number of halogens is 2. The van der Waals surface area contributed by atoms with Gasteiger partial charge in [-0.3, -0.25) is 9.59 Å². The van der Waals surface area contributed by atoms with Crippen LogP contribution < -0.4 is 10.7 Å². The van der Waals surface area contributed by atoms with Gasteiger partial charge in [-0.2, -0.15) is 5.10 Å². The molecule has 0 unspecified atom stereocenters. The molecule has 0 saturated carbocycles. The van der Waals surface area contributed by atoms with E-state index in [-0.39, 0.29) is 35.1 Å². The zero-order valence-electron chi connectivity index (χ0n) is 15.8. The van der Waals surface area contributed by atoms with Crippen LogP contribution in [0.25, 0.3) is 5.69 Å². The number of carbonyl (C=O) groups is 1. The van der Waals surface area contributed by atoms with E-state index in [4.69, 9.17) is 0 Å². The highest BCUT2D eigenvalue weighted by atomic mass is 35.5. The minimum absolute atomic E-state index is 0. The molecule has 8 heteroatoms. The first-order valence-corrected chi connectivity index (χ1v) is 9.35. The Morgan fingerprint density at radius 2 is 1.93 bits per heavy atom. The molecule has 1 spiro atoms. The summed E-state index contributed by atoms with van der Waals surface area (Å²) in [5.41, 5.74) is 0.414. The van der Waals surface area contributed by atoms with E-state index < -0.39 is 11.2 Å². The molecule has 1 aromatic heterocycles. The third kappa shape index (κ3) is 3.69. The number of piperidine rings is 1. The molecule has 4 rings (SSSR count). The second kappa shape index (κ2) is 8.01. The lowest BCUT2D eigenvalue weighted by Gasteiger charge is -2.38. The summed E-state index contributed by atoms with van der Waals surface area (Å²) in [7, 11) is 0. The van der Waals surface area contributed by atoms with Gasteiger partial charge in [-0.1, -0.05) is 12.1 Å². The average molecular weight is 407 g/mol. The number of hydrogen-bond acceptors (Lipinski definition) is 4. The summed E-state index contributed by atoms with van der Waals surface area (Å²) in [4.78, 5) is 27.1. The van der Waals surface area contributed by atoms with Gasteiger partial charge in [-0.05, 0) is 50.3 Å². The summed E-state index contributed by atoms with van der Waals surface area (Å²) in [5, 5.41) is 7.63. The lowest BCUT2D eigenvalue weighted by molar-refractivity contribution is 0.0598. The van der Waals surface area contributed by atoms with Crippen LogP contribution in [0.2, 0.25) is 0 Å². The van der Waals surface area contributed by atoms with Gasteiger partial charge in [0.25, 0.3) is 5.91 Å². The fraction of sp³-hybridized carbons (Fsp3) is 0.450. The summed E-state index contributed by atoms with van der Waals surface area (Å²) >= 11 is 0. The predicted octanol–water partition coefficient (Wildman–Crippen LogP) is 2.32. The van der Waals surface area contributed by atoms with E-state index in [1.807, 2.05) is 0 Å². The van der Waals surface area contributed by atoms with E-state index in [1.165, 1.54) is 16.8 Å². The largest absolute Gasteiger partial charge is 0.337 e. The molecular formula is C20H24ClFN4O2. The second-order valence-corrected chi connectivity index (χ2v) is 7.58. The van der Waals surface area contributed by atoms with Crippen molar-refractivity contribution in [3.63, 3.8) is 0 Å². The maximum Gasteiger partial charge on any atom is 0.278 e. The molecule has 6 nitrogen and oxygen atoms in total. The third-order valence-electron chi connectivity index (χ3n) is 5.83. The van der Waals surface area contributed by atoms with E-state index in [2.05, 4.69) is 10.4 Å². The molecule has 0 aliphatic carbocycles. The maximum absolute atomic E-state index is 14.2. The minimum atomic E-state index is -0.455. The Morgan fingerprint density at radius 1 is 1.21 bits per heavy atom. The number of para-hydroxylation sites is 1. The normalized spacial score (nSPS) is 18.1. The number of carbonyl (C=O) groups excluding carboxylic acids is 1. The highest BCUT2D eigenvalue weighted by molar-refractivity contribution is 5.92. The molecule has 1 aromatic carbocycles. The predicted molar refractivity (Wildman–Crippen MR) is 107 cm³/mol. The van der Waals surface area contributed by atoms with Crippen molar-refractivity contribution >= 4 is 18.3 Å². The van der Waals surface area contributed by atoms with Crippen molar-refractivity contribution < 1.29 is 9.18 Å². The Hall–Kier alpha value is -2.25. The number of aryl methyl sites for hydroxylation is 1. The quantitative estimate of drug-likeness (QED) is 0.831. The number of likely N-dealkylation sites (tertiary alicyclic amines) is 1. The molecule has 2 aromatic rings. The highest BCUT2D eigenvalue weighted by Gasteiger charge is 2.38. The van der Waals surface area contributed by atoms with Gasteiger partial charge in [0, 0.05) is 31.4 Å². The van der Waals surface area contributed by atoms with Gasteiger partial charge in [0.05, 0.1) is 0 Å². The van der Waals surface area contributed by atoms with Crippen LogP contribution in [0, 0.1) is 18.2 Å². The van der Waals surface area contributed by atoms with E-state index in [0.717, 1.165) is 32.4 Å². The second-order valence-electron chi connectivity index (χ2n) is 7.58. The molecule has 28 heavy (non-hydrogen) atoms. The number of hydrogen-bond donors (Lipinski definition) is 1. The maximum atomic E-state index is 14.2. The Balaban J connectivity index is 0.00000225. The molecule has 2 aliphatic rings. The number of benzene rings is 1. The van der Waals surface area contributed by atoms with E-state index >= 15 is 0 Å². The van der Waals surface area contributed by atoms with Crippen molar-refractivity contribution in [3.05, 3.63) is 57.8 Å². The van der Waals surface area contributed by atoms with Crippen LogP contribution in [-0.2, 0) is 0 Å². The molecule has 0 bridgehead atoms. The number of nitrogens with one attached hydrogen (secondary N) is 1. The molecule has 0 atom stereocenters. The third-order valence-corrected chi connectivity index (χ3v) is 5.83. The zero-order valence-corrected chi connectivity index (χ0v) is 16.6. The summed E-state index contributed by atoms with van der Waals surface area (Å²) in [6.45, 7) is 4.94. The fourth-order valence-corrected chi connectivity index (χ4v) is 4.12. The van der Waals surface area contributed by atoms with Crippen molar-refractivity contribution in [3.8, 4) is 5.69 Å². The van der Waals surface area contributed by atoms with E-state index in [9.17, 15) is 14.0 Å². The summed E-state index contributed by atoms with van der Waals surface area (Å²) in [6.07, 6.45) is 3.00. The van der Waals surface area contributed by atoms with Crippen LogP contribution in [-0.4, -0.2) is 46.8 Å². The first-order chi connectivity index (χ1) is 13.0. The van der Waals surface area contributed by atoms with Crippen molar-refractivity contribution in [2.24, 2.45) is 5.41 Å². The van der Waals surface area contributed by atoms with Crippen molar-refractivity contribution in [1.29, 1.82) is 0 Å². The number of rotatable bonds is 2. The summed E-state index contributed by atoms with van der Waals surface area (Å²) in [5.74, 6) is -0.824. The molecule has 3 heterocycles. The highest BCUT2D eigenvalue weighted by Crippen LogP contribution is 2.37. The number of amides is 1. The van der Waals surface area contributed by atoms with Crippen molar-refractivity contribution in [1.82, 2.24) is 20.0 Å². The fourth-order valence-electron chi connectivity index (χ4n) is 4.12. The van der Waals surface area contributed by atoms with Gasteiger partial charge in [0.15, 0.2) is 5.69 Å². The lowest BCUT2D eigenvalue weighted by Crippen LogP contribution is -2.45. The Bertz CT molecular complexity index is 930. The van der Waals surface area contributed by atoms with Crippen LogP contribution in [0.15, 0.2) is 35.1 Å². The first-order valence-electron chi connectivity index (χ1n) is 9.35. The Kier molecular flexibility index (Phi) is 5.86. The van der Waals surface area contributed by atoms with Gasteiger partial charge >= 0.3 is 0 Å². The molecule has 0 radical (unpaired) electrons. The van der Waals surface area contributed by atoms with Crippen LogP contribution in [0.3, 0.4) is 0 Å². The standard InChI is InChI=1S/C20H23FN4O2.ClH/c1-14-12-17(26)18(23-25(14)16-5-3-2-4-15(16)21)19(27)24-10-7-20(8-11-24)6-9-22-13-20;/h2-5,12,22H,6-11,13H2,1H3;1H. The summed E-state index contributed by atoms with van der Waals surface area (Å²) < 4.78 is 15.5. The van der Waals surface area contributed by atoms with Crippen LogP contribution >= 0.6 is 12.4 Å². The van der Waals surface area contributed by atoms with Gasteiger partial charge in [0.1, 0.15) is 11.5 Å². The Labute approximate surface area is 169 Å². The molecule has 1 amide bonds. The van der Waals surface area contributed by atoms with E-state index in [0.29, 0.717) is 18.8 Å². The van der Waals surface area contributed by atoms with Crippen LogP contribution in [0.4, 0.5) is 4.39 Å².